The largest absolute Gasteiger partial charge is 0.477 e. The van der Waals surface area contributed by atoms with Crippen LogP contribution in [0.15, 0.2) is 47.2 Å². The number of carboxylic acids is 1. The lowest BCUT2D eigenvalue weighted by molar-refractivity contribution is 0.0699. The molecule has 1 aromatic carbocycles. The fraction of sp³-hybridized carbons (Fsp3) is 0. The smallest absolute Gasteiger partial charge is 0.341 e. The summed E-state index contributed by atoms with van der Waals surface area (Å²) in [6.07, 6.45) is 2.89. The van der Waals surface area contributed by atoms with Crippen LogP contribution in [-0.4, -0.2) is 25.7 Å². The molecule has 2 aromatic heterocycles. The Bertz CT molecular complexity index is 782. The summed E-state index contributed by atoms with van der Waals surface area (Å²) in [4.78, 5) is 15.2. The molecular formula is C13H8BrN3O2. The number of rotatable bonds is 2. The van der Waals surface area contributed by atoms with Gasteiger partial charge in [-0.3, -0.25) is 0 Å². The third kappa shape index (κ3) is 2.00. The minimum Gasteiger partial charge on any atom is -0.477 e. The van der Waals surface area contributed by atoms with Crippen LogP contribution in [0.4, 0.5) is 0 Å². The molecule has 5 nitrogen and oxygen atoms in total. The number of halogens is 1. The van der Waals surface area contributed by atoms with Crippen LogP contribution in [0.3, 0.4) is 0 Å². The fourth-order valence-corrected chi connectivity index (χ4v) is 2.31. The van der Waals surface area contributed by atoms with Crippen molar-refractivity contribution in [2.75, 3.05) is 0 Å². The zero-order valence-corrected chi connectivity index (χ0v) is 11.2. The minimum absolute atomic E-state index is 0.0943. The van der Waals surface area contributed by atoms with E-state index in [0.29, 0.717) is 5.65 Å². The Morgan fingerprint density at radius 2 is 2.16 bits per heavy atom. The van der Waals surface area contributed by atoms with E-state index in [1.54, 1.807) is 12.3 Å². The first-order valence-corrected chi connectivity index (χ1v) is 6.28. The molecule has 0 unspecified atom stereocenters. The molecule has 1 N–H and O–H groups in total. The molecular weight excluding hydrogens is 310 g/mol. The van der Waals surface area contributed by atoms with Crippen LogP contribution in [0.1, 0.15) is 10.4 Å². The standard InChI is InChI=1S/C13H8BrN3O2/c14-9-3-1-2-8(6-9)11-4-5-15-12-10(13(18)19)7-16-17(11)12/h1-7H,(H,18,19). The maximum Gasteiger partial charge on any atom is 0.341 e. The highest BCUT2D eigenvalue weighted by molar-refractivity contribution is 9.10. The normalized spacial score (nSPS) is 10.8. The summed E-state index contributed by atoms with van der Waals surface area (Å²) < 4.78 is 2.48. The Hall–Kier alpha value is -2.21. The van der Waals surface area contributed by atoms with Crippen LogP contribution in [0.2, 0.25) is 0 Å². The van der Waals surface area contributed by atoms with E-state index in [-0.39, 0.29) is 5.56 Å². The van der Waals surface area contributed by atoms with Crippen LogP contribution >= 0.6 is 15.9 Å². The fourth-order valence-electron chi connectivity index (χ4n) is 1.91. The second kappa shape index (κ2) is 4.47. The van der Waals surface area contributed by atoms with Gasteiger partial charge in [0.15, 0.2) is 5.65 Å². The van der Waals surface area contributed by atoms with Gasteiger partial charge in [0.25, 0.3) is 0 Å². The summed E-state index contributed by atoms with van der Waals surface area (Å²) in [6, 6.07) is 9.51. The van der Waals surface area contributed by atoms with E-state index in [9.17, 15) is 4.79 Å². The highest BCUT2D eigenvalue weighted by atomic mass is 79.9. The summed E-state index contributed by atoms with van der Waals surface area (Å²) in [5, 5.41) is 13.2. The number of hydrogen-bond acceptors (Lipinski definition) is 3. The topological polar surface area (TPSA) is 67.5 Å². The quantitative estimate of drug-likeness (QED) is 0.789. The van der Waals surface area contributed by atoms with Gasteiger partial charge in [-0.15, -0.1) is 0 Å². The van der Waals surface area contributed by atoms with E-state index in [1.165, 1.54) is 10.7 Å². The van der Waals surface area contributed by atoms with Gasteiger partial charge in [0, 0.05) is 16.2 Å². The van der Waals surface area contributed by atoms with E-state index in [1.807, 2.05) is 24.3 Å². The SMILES string of the molecule is O=C(O)c1cnn2c(-c3cccc(Br)c3)ccnc12. The van der Waals surface area contributed by atoms with Crippen molar-refractivity contribution < 1.29 is 9.90 Å². The van der Waals surface area contributed by atoms with E-state index in [4.69, 9.17) is 5.11 Å². The van der Waals surface area contributed by atoms with E-state index >= 15 is 0 Å². The van der Waals surface area contributed by atoms with Gasteiger partial charge in [0.1, 0.15) is 5.56 Å². The first-order chi connectivity index (χ1) is 9.16. The minimum atomic E-state index is -1.03. The predicted octanol–water partition coefficient (Wildman–Crippen LogP) is 2.86. The molecule has 19 heavy (non-hydrogen) atoms. The average Bonchev–Trinajstić information content (AvgIpc) is 2.82. The number of aromatic carboxylic acids is 1. The maximum absolute atomic E-state index is 11.1. The Labute approximate surface area is 116 Å². The number of carbonyl (C=O) groups is 1. The molecule has 3 rings (SSSR count). The van der Waals surface area contributed by atoms with Crippen molar-refractivity contribution >= 4 is 27.5 Å². The number of hydrogen-bond donors (Lipinski definition) is 1. The predicted molar refractivity (Wildman–Crippen MR) is 73.1 cm³/mol. The Kier molecular flexibility index (Phi) is 2.79. The van der Waals surface area contributed by atoms with E-state index in [2.05, 4.69) is 26.0 Å². The van der Waals surface area contributed by atoms with Crippen molar-refractivity contribution in [3.63, 3.8) is 0 Å². The first kappa shape index (κ1) is 11.9. The van der Waals surface area contributed by atoms with Crippen molar-refractivity contribution in [1.29, 1.82) is 0 Å². The summed E-state index contributed by atoms with van der Waals surface area (Å²) in [5.41, 5.74) is 2.16. The molecule has 0 fully saturated rings. The third-order valence-electron chi connectivity index (χ3n) is 2.75. The van der Waals surface area contributed by atoms with Gasteiger partial charge in [-0.05, 0) is 18.2 Å². The van der Waals surface area contributed by atoms with Crippen molar-refractivity contribution in [2.24, 2.45) is 0 Å². The van der Waals surface area contributed by atoms with Crippen LogP contribution < -0.4 is 0 Å². The van der Waals surface area contributed by atoms with Crippen molar-refractivity contribution in [3.05, 3.63) is 52.8 Å². The van der Waals surface area contributed by atoms with Crippen molar-refractivity contribution in [1.82, 2.24) is 14.6 Å². The number of nitrogens with zero attached hydrogens (tertiary/aromatic N) is 3. The molecule has 0 saturated heterocycles. The molecule has 0 aliphatic rings. The maximum atomic E-state index is 11.1. The van der Waals surface area contributed by atoms with Gasteiger partial charge in [0.2, 0.25) is 0 Å². The number of benzene rings is 1. The Morgan fingerprint density at radius 3 is 2.89 bits per heavy atom. The monoisotopic (exact) mass is 317 g/mol. The van der Waals surface area contributed by atoms with Crippen molar-refractivity contribution in [3.8, 4) is 11.3 Å². The summed E-state index contributed by atoms with van der Waals surface area (Å²) in [7, 11) is 0. The van der Waals surface area contributed by atoms with Gasteiger partial charge >= 0.3 is 5.97 Å². The molecule has 0 aliphatic carbocycles. The summed E-state index contributed by atoms with van der Waals surface area (Å²) in [6.45, 7) is 0. The molecule has 0 amide bonds. The summed E-state index contributed by atoms with van der Waals surface area (Å²) in [5.74, 6) is -1.03. The molecule has 0 atom stereocenters. The van der Waals surface area contributed by atoms with Gasteiger partial charge in [-0.2, -0.15) is 5.10 Å². The highest BCUT2D eigenvalue weighted by Crippen LogP contribution is 2.23. The zero-order valence-electron chi connectivity index (χ0n) is 9.62. The van der Waals surface area contributed by atoms with Gasteiger partial charge < -0.3 is 5.11 Å². The van der Waals surface area contributed by atoms with Gasteiger partial charge in [-0.1, -0.05) is 28.1 Å². The summed E-state index contributed by atoms with van der Waals surface area (Å²) >= 11 is 3.41. The molecule has 2 heterocycles. The lowest BCUT2D eigenvalue weighted by Gasteiger charge is -2.05. The number of aromatic nitrogens is 3. The van der Waals surface area contributed by atoms with Crippen molar-refractivity contribution in [2.45, 2.75) is 0 Å². The van der Waals surface area contributed by atoms with Gasteiger partial charge in [-0.25, -0.2) is 14.3 Å². The van der Waals surface area contributed by atoms with Crippen LogP contribution in [0.5, 0.6) is 0 Å². The molecule has 0 saturated carbocycles. The van der Waals surface area contributed by atoms with E-state index in [0.717, 1.165) is 15.7 Å². The number of fused-ring (bicyclic) bond motifs is 1. The molecule has 0 aliphatic heterocycles. The molecule has 0 radical (unpaired) electrons. The Morgan fingerprint density at radius 1 is 1.32 bits per heavy atom. The third-order valence-corrected chi connectivity index (χ3v) is 3.25. The molecule has 0 bridgehead atoms. The highest BCUT2D eigenvalue weighted by Gasteiger charge is 2.14. The molecule has 6 heteroatoms. The lowest BCUT2D eigenvalue weighted by Crippen LogP contribution is -1.99. The molecule has 0 spiro atoms. The van der Waals surface area contributed by atoms with Crippen LogP contribution in [-0.2, 0) is 0 Å². The molecule has 3 aromatic rings. The number of carboxylic acid groups (broad SMARTS) is 1. The second-order valence-electron chi connectivity index (χ2n) is 3.94. The van der Waals surface area contributed by atoms with Crippen LogP contribution in [0.25, 0.3) is 16.9 Å². The molecule has 94 valence electrons. The zero-order chi connectivity index (χ0) is 13.4. The second-order valence-corrected chi connectivity index (χ2v) is 4.85. The Balaban J connectivity index is 2.28. The van der Waals surface area contributed by atoms with Crippen LogP contribution in [0, 0.1) is 0 Å². The van der Waals surface area contributed by atoms with E-state index < -0.39 is 5.97 Å². The average molecular weight is 318 g/mol. The first-order valence-electron chi connectivity index (χ1n) is 5.49. The lowest BCUT2D eigenvalue weighted by atomic mass is 10.1. The van der Waals surface area contributed by atoms with Gasteiger partial charge in [0.05, 0.1) is 11.9 Å².